The molecule has 0 radical (unpaired) electrons. The lowest BCUT2D eigenvalue weighted by Crippen LogP contribution is -2.16. The van der Waals surface area contributed by atoms with E-state index in [4.69, 9.17) is 11.6 Å². The monoisotopic (exact) mass is 364 g/mol. The topological polar surface area (TPSA) is 76.4 Å². The van der Waals surface area contributed by atoms with E-state index in [2.05, 4.69) is 14.7 Å². The Bertz CT molecular complexity index is 1130. The first kappa shape index (κ1) is 14.4. The minimum atomic E-state index is -3.93. The van der Waals surface area contributed by atoms with Gasteiger partial charge in [0.15, 0.2) is 15.1 Å². The molecule has 3 heterocycles. The molecule has 0 saturated carbocycles. The number of sulfonamides is 1. The fourth-order valence-electron chi connectivity index (χ4n) is 2.36. The van der Waals surface area contributed by atoms with Crippen molar-refractivity contribution in [2.45, 2.75) is 5.03 Å². The van der Waals surface area contributed by atoms with Crippen LogP contribution in [0.25, 0.3) is 15.7 Å². The van der Waals surface area contributed by atoms with Crippen LogP contribution in [-0.2, 0) is 10.0 Å². The van der Waals surface area contributed by atoms with Crippen molar-refractivity contribution < 1.29 is 8.42 Å². The zero-order valence-corrected chi connectivity index (χ0v) is 13.9. The summed E-state index contributed by atoms with van der Waals surface area (Å²) in [6.07, 6.45) is 3.17. The van der Waals surface area contributed by atoms with Crippen molar-refractivity contribution in [3.8, 4) is 0 Å². The Hall–Kier alpha value is -2.16. The summed E-state index contributed by atoms with van der Waals surface area (Å²) in [4.78, 5) is 8.70. The van der Waals surface area contributed by atoms with Gasteiger partial charge in [-0.2, -0.15) is 8.42 Å². The van der Waals surface area contributed by atoms with Gasteiger partial charge in [-0.1, -0.05) is 35.9 Å². The first-order valence-electron chi connectivity index (χ1n) is 6.54. The maximum Gasteiger partial charge on any atom is 0.282 e. The van der Waals surface area contributed by atoms with E-state index in [9.17, 15) is 8.42 Å². The first-order valence-corrected chi connectivity index (χ1v) is 9.28. The Kier molecular flexibility index (Phi) is 3.26. The number of hydrogen-bond donors (Lipinski definition) is 1. The van der Waals surface area contributed by atoms with Gasteiger partial charge in [0.25, 0.3) is 10.0 Å². The number of nitrogens with zero attached hydrogens (tertiary/aromatic N) is 3. The van der Waals surface area contributed by atoms with Gasteiger partial charge >= 0.3 is 0 Å². The molecule has 0 atom stereocenters. The molecular weight excluding hydrogens is 356 g/mol. The van der Waals surface area contributed by atoms with Crippen LogP contribution in [0.5, 0.6) is 0 Å². The number of halogens is 1. The van der Waals surface area contributed by atoms with Crippen molar-refractivity contribution in [2.24, 2.45) is 0 Å². The molecule has 4 rings (SSSR count). The highest BCUT2D eigenvalue weighted by Crippen LogP contribution is 2.28. The van der Waals surface area contributed by atoms with Gasteiger partial charge in [-0.05, 0) is 11.5 Å². The standard InChI is InChI=1S/C14H9ClN4O2S2/c15-11-13(19-7-8-22-14(19)17-11)23(20,21)18-12-10-4-2-1-3-9(10)5-6-16-12/h1-8H,(H,16,18). The predicted octanol–water partition coefficient (Wildman–Crippen LogP) is 3.40. The van der Waals surface area contributed by atoms with Crippen molar-refractivity contribution in [3.05, 3.63) is 53.3 Å². The third kappa shape index (κ3) is 2.35. The van der Waals surface area contributed by atoms with Crippen LogP contribution < -0.4 is 4.72 Å². The van der Waals surface area contributed by atoms with Gasteiger partial charge in [-0.15, -0.1) is 11.3 Å². The molecule has 0 saturated heterocycles. The number of hydrogen-bond acceptors (Lipinski definition) is 5. The minimum absolute atomic E-state index is 0.0652. The largest absolute Gasteiger partial charge is 0.282 e. The Morgan fingerprint density at radius 1 is 1.22 bits per heavy atom. The maximum atomic E-state index is 12.7. The fraction of sp³-hybridized carbons (Fsp3) is 0. The molecule has 0 aliphatic heterocycles. The molecule has 0 bridgehead atoms. The highest BCUT2D eigenvalue weighted by molar-refractivity contribution is 7.92. The SMILES string of the molecule is O=S(=O)(Nc1nccc2ccccc12)c1c(Cl)nc2sccn12. The molecule has 0 aliphatic carbocycles. The number of anilines is 1. The highest BCUT2D eigenvalue weighted by atomic mass is 35.5. The molecule has 4 aromatic rings. The average Bonchev–Trinajstić information content (AvgIpc) is 3.06. The van der Waals surface area contributed by atoms with E-state index in [0.29, 0.717) is 10.3 Å². The molecular formula is C14H9ClN4O2S2. The lowest BCUT2D eigenvalue weighted by molar-refractivity contribution is 0.596. The van der Waals surface area contributed by atoms with Crippen LogP contribution in [0, 0.1) is 0 Å². The Morgan fingerprint density at radius 3 is 2.91 bits per heavy atom. The lowest BCUT2D eigenvalue weighted by Gasteiger charge is -2.09. The van der Waals surface area contributed by atoms with Gasteiger partial charge in [0, 0.05) is 23.2 Å². The molecule has 23 heavy (non-hydrogen) atoms. The van der Waals surface area contributed by atoms with E-state index < -0.39 is 10.0 Å². The van der Waals surface area contributed by atoms with E-state index >= 15 is 0 Å². The quantitative estimate of drug-likeness (QED) is 0.604. The molecule has 9 heteroatoms. The van der Waals surface area contributed by atoms with Crippen LogP contribution in [0.2, 0.25) is 5.15 Å². The second-order valence-corrected chi connectivity index (χ2v) is 7.58. The molecule has 1 N–H and O–H groups in total. The summed E-state index contributed by atoms with van der Waals surface area (Å²) < 4.78 is 29.4. The van der Waals surface area contributed by atoms with Gasteiger partial charge in [0.05, 0.1) is 0 Å². The number of aromatic nitrogens is 3. The van der Waals surface area contributed by atoms with Crippen LogP contribution in [0.3, 0.4) is 0 Å². The Morgan fingerprint density at radius 2 is 2.04 bits per heavy atom. The second-order valence-electron chi connectivity index (χ2n) is 4.75. The van der Waals surface area contributed by atoms with E-state index in [0.717, 1.165) is 5.39 Å². The minimum Gasteiger partial charge on any atom is -0.278 e. The summed E-state index contributed by atoms with van der Waals surface area (Å²) in [5.74, 6) is 0.254. The summed E-state index contributed by atoms with van der Waals surface area (Å²) in [5, 5.41) is 3.18. The van der Waals surface area contributed by atoms with Crippen molar-refractivity contribution in [1.29, 1.82) is 0 Å². The van der Waals surface area contributed by atoms with Gasteiger partial charge in [-0.3, -0.25) is 9.12 Å². The number of rotatable bonds is 3. The van der Waals surface area contributed by atoms with Crippen LogP contribution in [0.15, 0.2) is 53.1 Å². The van der Waals surface area contributed by atoms with Crippen molar-refractivity contribution >= 4 is 54.5 Å². The Balaban J connectivity index is 1.86. The number of pyridine rings is 1. The molecule has 0 amide bonds. The van der Waals surface area contributed by atoms with Crippen LogP contribution in [0.1, 0.15) is 0 Å². The van der Waals surface area contributed by atoms with Gasteiger partial charge in [0.1, 0.15) is 5.82 Å². The molecule has 0 aliphatic rings. The molecule has 6 nitrogen and oxygen atoms in total. The zero-order valence-electron chi connectivity index (χ0n) is 11.5. The number of fused-ring (bicyclic) bond motifs is 2. The van der Waals surface area contributed by atoms with Crippen molar-refractivity contribution in [1.82, 2.24) is 14.4 Å². The van der Waals surface area contributed by atoms with E-state index in [-0.39, 0.29) is 16.0 Å². The van der Waals surface area contributed by atoms with Crippen LogP contribution in [-0.4, -0.2) is 22.8 Å². The third-order valence-corrected chi connectivity index (χ3v) is 5.83. The fourth-order valence-corrected chi connectivity index (χ4v) is 4.84. The smallest absolute Gasteiger partial charge is 0.278 e. The third-order valence-electron chi connectivity index (χ3n) is 3.34. The van der Waals surface area contributed by atoms with Crippen molar-refractivity contribution in [3.63, 3.8) is 0 Å². The van der Waals surface area contributed by atoms with Gasteiger partial charge in [0.2, 0.25) is 0 Å². The number of thiazole rings is 1. The lowest BCUT2D eigenvalue weighted by atomic mass is 10.2. The number of nitrogens with one attached hydrogen (secondary N) is 1. The number of benzene rings is 1. The van der Waals surface area contributed by atoms with E-state index in [1.54, 1.807) is 23.8 Å². The molecule has 3 aromatic heterocycles. The molecule has 0 spiro atoms. The zero-order chi connectivity index (χ0) is 16.0. The van der Waals surface area contributed by atoms with Crippen molar-refractivity contribution in [2.75, 3.05) is 4.72 Å². The second kappa shape index (κ2) is 5.19. The normalized spacial score (nSPS) is 12.0. The summed E-state index contributed by atoms with van der Waals surface area (Å²) >= 11 is 7.32. The number of imidazole rings is 1. The molecule has 0 unspecified atom stereocenters. The molecule has 1 aromatic carbocycles. The Labute approximate surface area is 140 Å². The first-order chi connectivity index (χ1) is 11.1. The summed E-state index contributed by atoms with van der Waals surface area (Å²) in [6, 6.07) is 9.21. The van der Waals surface area contributed by atoms with Gasteiger partial charge < -0.3 is 0 Å². The molecule has 116 valence electrons. The molecule has 0 fully saturated rings. The highest BCUT2D eigenvalue weighted by Gasteiger charge is 2.26. The summed E-state index contributed by atoms with van der Waals surface area (Å²) in [5.41, 5.74) is 0. The summed E-state index contributed by atoms with van der Waals surface area (Å²) in [7, 11) is -3.93. The van der Waals surface area contributed by atoms with E-state index in [1.165, 1.54) is 15.7 Å². The summed E-state index contributed by atoms with van der Waals surface area (Å²) in [6.45, 7) is 0. The van der Waals surface area contributed by atoms with Crippen LogP contribution in [0.4, 0.5) is 5.82 Å². The van der Waals surface area contributed by atoms with Crippen LogP contribution >= 0.6 is 22.9 Å². The van der Waals surface area contributed by atoms with E-state index in [1.807, 2.05) is 24.3 Å². The average molecular weight is 365 g/mol. The maximum absolute atomic E-state index is 12.7. The van der Waals surface area contributed by atoms with Gasteiger partial charge in [-0.25, -0.2) is 9.97 Å². The predicted molar refractivity (Wildman–Crippen MR) is 90.6 cm³/mol.